The van der Waals surface area contributed by atoms with E-state index >= 15 is 0 Å². The topological polar surface area (TPSA) is 75.2 Å². The van der Waals surface area contributed by atoms with Crippen molar-refractivity contribution < 1.29 is 19.1 Å². The van der Waals surface area contributed by atoms with Crippen molar-refractivity contribution >= 4 is 11.8 Å². The molecule has 2 rings (SSSR count). The Hall–Kier alpha value is -2.63. The number of ether oxygens (including phenoxy) is 1. The van der Waals surface area contributed by atoms with Crippen LogP contribution in [0.2, 0.25) is 0 Å². The highest BCUT2D eigenvalue weighted by molar-refractivity contribution is 6.00. The molecule has 0 N–H and O–H groups in total. The second kappa shape index (κ2) is 6.43. The largest absolute Gasteiger partial charge is 0.619 e. The summed E-state index contributed by atoms with van der Waals surface area (Å²) in [6.45, 7) is 6.27. The van der Waals surface area contributed by atoms with Crippen molar-refractivity contribution in [2.45, 2.75) is 27.3 Å². The normalized spacial score (nSPS) is 10.5. The van der Waals surface area contributed by atoms with E-state index in [0.29, 0.717) is 10.3 Å². The fraction of sp³-hybridized carbons (Fsp3) is 0.312. The van der Waals surface area contributed by atoms with Gasteiger partial charge in [0.15, 0.2) is 19.0 Å². The number of aromatic nitrogens is 2. The minimum absolute atomic E-state index is 0.235. The number of pyridine rings is 1. The van der Waals surface area contributed by atoms with Crippen molar-refractivity contribution in [3.63, 3.8) is 0 Å². The van der Waals surface area contributed by atoms with E-state index in [0.717, 1.165) is 17.9 Å². The maximum absolute atomic E-state index is 12.2. The molecule has 0 aliphatic heterocycles. The summed E-state index contributed by atoms with van der Waals surface area (Å²) in [7, 11) is 0. The first-order valence-corrected chi connectivity index (χ1v) is 7.00. The van der Waals surface area contributed by atoms with Crippen molar-refractivity contribution in [3.8, 4) is 0 Å². The van der Waals surface area contributed by atoms with Gasteiger partial charge in [0.05, 0.1) is 5.56 Å². The van der Waals surface area contributed by atoms with Crippen molar-refractivity contribution in [2.24, 2.45) is 0 Å². The van der Waals surface area contributed by atoms with Crippen LogP contribution in [0.4, 0.5) is 0 Å². The highest BCUT2D eigenvalue weighted by atomic mass is 16.5. The van der Waals surface area contributed by atoms with Crippen LogP contribution in [0.15, 0.2) is 30.6 Å². The van der Waals surface area contributed by atoms with Gasteiger partial charge in [-0.1, -0.05) is 0 Å². The molecule has 116 valence electrons. The number of aryl methyl sites for hydroxylation is 1. The van der Waals surface area contributed by atoms with Gasteiger partial charge < -0.3 is 14.5 Å². The van der Waals surface area contributed by atoms with E-state index in [1.165, 1.54) is 24.5 Å². The third-order valence-electron chi connectivity index (χ3n) is 3.56. The average Bonchev–Trinajstić information content (AvgIpc) is 2.79. The molecular formula is C16H18N2O4. The molecule has 0 atom stereocenters. The van der Waals surface area contributed by atoms with Gasteiger partial charge in [-0.3, -0.25) is 4.79 Å². The number of rotatable bonds is 5. The highest BCUT2D eigenvalue weighted by Gasteiger charge is 2.17. The number of ketones is 1. The zero-order valence-corrected chi connectivity index (χ0v) is 12.8. The number of esters is 1. The van der Waals surface area contributed by atoms with Crippen LogP contribution < -0.4 is 4.73 Å². The first-order chi connectivity index (χ1) is 10.4. The smallest absolute Gasteiger partial charge is 0.339 e. The Bertz CT molecular complexity index is 702. The van der Waals surface area contributed by atoms with Crippen LogP contribution in [0.1, 0.15) is 39.0 Å². The van der Waals surface area contributed by atoms with E-state index < -0.39 is 5.97 Å². The monoisotopic (exact) mass is 302 g/mol. The summed E-state index contributed by atoms with van der Waals surface area (Å²) in [5.74, 6) is -0.866. The molecule has 2 aromatic rings. The summed E-state index contributed by atoms with van der Waals surface area (Å²) >= 11 is 0. The molecule has 2 heterocycles. The van der Waals surface area contributed by atoms with Gasteiger partial charge in [-0.25, -0.2) is 4.79 Å². The molecule has 0 bridgehead atoms. The van der Waals surface area contributed by atoms with Crippen LogP contribution in [-0.4, -0.2) is 22.9 Å². The molecule has 0 radical (unpaired) electrons. The molecular weight excluding hydrogens is 284 g/mol. The SMILES string of the molecule is CCn1c(C)cc(C(=O)COC(=O)c2cc[n+]([O-])cc2)c1C. The van der Waals surface area contributed by atoms with Crippen molar-refractivity contribution in [1.82, 2.24) is 4.57 Å². The molecule has 2 aromatic heterocycles. The molecule has 0 fully saturated rings. The molecule has 6 nitrogen and oxygen atoms in total. The molecule has 0 saturated heterocycles. The fourth-order valence-corrected chi connectivity index (χ4v) is 2.41. The number of carbonyl (C=O) groups excluding carboxylic acids is 2. The maximum atomic E-state index is 12.2. The Morgan fingerprint density at radius 2 is 1.91 bits per heavy atom. The highest BCUT2D eigenvalue weighted by Crippen LogP contribution is 2.16. The Balaban J connectivity index is 2.04. The van der Waals surface area contributed by atoms with Gasteiger partial charge in [-0.05, 0) is 26.8 Å². The fourth-order valence-electron chi connectivity index (χ4n) is 2.41. The molecule has 0 amide bonds. The van der Waals surface area contributed by atoms with Gasteiger partial charge in [-0.2, -0.15) is 4.73 Å². The molecule has 0 saturated carbocycles. The molecule has 0 unspecified atom stereocenters. The van der Waals surface area contributed by atoms with Crippen molar-refractivity contribution in [1.29, 1.82) is 0 Å². The van der Waals surface area contributed by atoms with Crippen LogP contribution >= 0.6 is 0 Å². The minimum Gasteiger partial charge on any atom is -0.619 e. The average molecular weight is 302 g/mol. The summed E-state index contributed by atoms with van der Waals surface area (Å²) in [6, 6.07) is 4.50. The van der Waals surface area contributed by atoms with E-state index in [2.05, 4.69) is 0 Å². The molecule has 0 spiro atoms. The lowest BCUT2D eigenvalue weighted by Crippen LogP contribution is -2.24. The minimum atomic E-state index is -0.627. The van der Waals surface area contributed by atoms with E-state index in [4.69, 9.17) is 4.74 Å². The Morgan fingerprint density at radius 3 is 2.45 bits per heavy atom. The molecule has 0 aliphatic carbocycles. The summed E-state index contributed by atoms with van der Waals surface area (Å²) < 4.78 is 7.61. The first kappa shape index (κ1) is 15.8. The van der Waals surface area contributed by atoms with E-state index in [1.807, 2.05) is 25.3 Å². The third-order valence-corrected chi connectivity index (χ3v) is 3.56. The van der Waals surface area contributed by atoms with Gasteiger partial charge in [0.2, 0.25) is 5.78 Å². The van der Waals surface area contributed by atoms with Crippen LogP contribution in [0.25, 0.3) is 0 Å². The third kappa shape index (κ3) is 3.16. The second-order valence-electron chi connectivity index (χ2n) is 4.98. The summed E-state index contributed by atoms with van der Waals surface area (Å²) in [4.78, 5) is 24.0. The summed E-state index contributed by atoms with van der Waals surface area (Å²) in [6.07, 6.45) is 2.40. The Morgan fingerprint density at radius 1 is 1.27 bits per heavy atom. The maximum Gasteiger partial charge on any atom is 0.339 e. The van der Waals surface area contributed by atoms with Gasteiger partial charge in [0.25, 0.3) is 0 Å². The number of hydrogen-bond acceptors (Lipinski definition) is 4. The number of nitrogens with zero attached hydrogens (tertiary/aromatic N) is 2. The van der Waals surface area contributed by atoms with Gasteiger partial charge in [0.1, 0.15) is 0 Å². The molecule has 0 aliphatic rings. The van der Waals surface area contributed by atoms with Crippen LogP contribution in [0, 0.1) is 19.1 Å². The predicted molar refractivity (Wildman–Crippen MR) is 79.6 cm³/mol. The second-order valence-corrected chi connectivity index (χ2v) is 4.98. The molecule has 6 heteroatoms. The summed E-state index contributed by atoms with van der Waals surface area (Å²) in [5.41, 5.74) is 2.67. The Kier molecular flexibility index (Phi) is 4.60. The standard InChI is InChI=1S/C16H18N2O4/c1-4-18-11(2)9-14(12(18)3)15(19)10-22-16(20)13-5-7-17(21)8-6-13/h5-9H,4,10H2,1-3H3. The lowest BCUT2D eigenvalue weighted by molar-refractivity contribution is -0.605. The zero-order chi connectivity index (χ0) is 16.3. The van der Waals surface area contributed by atoms with Gasteiger partial charge in [0, 0.05) is 35.6 Å². The summed E-state index contributed by atoms with van der Waals surface area (Å²) in [5, 5.41) is 10.9. The molecule has 22 heavy (non-hydrogen) atoms. The first-order valence-electron chi connectivity index (χ1n) is 7.00. The van der Waals surface area contributed by atoms with Crippen molar-refractivity contribution in [3.05, 3.63) is 58.3 Å². The Labute approximate surface area is 128 Å². The van der Waals surface area contributed by atoms with Crippen LogP contribution in [-0.2, 0) is 11.3 Å². The lowest BCUT2D eigenvalue weighted by Gasteiger charge is -2.06. The van der Waals surface area contributed by atoms with Crippen LogP contribution in [0.3, 0.4) is 0 Å². The van der Waals surface area contributed by atoms with E-state index in [1.54, 1.807) is 6.07 Å². The number of hydrogen-bond donors (Lipinski definition) is 0. The van der Waals surface area contributed by atoms with Gasteiger partial charge >= 0.3 is 5.97 Å². The zero-order valence-electron chi connectivity index (χ0n) is 12.8. The lowest BCUT2D eigenvalue weighted by atomic mass is 10.1. The van der Waals surface area contributed by atoms with E-state index in [9.17, 15) is 14.8 Å². The van der Waals surface area contributed by atoms with Crippen LogP contribution in [0.5, 0.6) is 0 Å². The number of carbonyl (C=O) groups is 2. The van der Waals surface area contributed by atoms with Crippen molar-refractivity contribution in [2.75, 3.05) is 6.61 Å². The quantitative estimate of drug-likeness (QED) is 0.365. The predicted octanol–water partition coefficient (Wildman–Crippen LogP) is 1.80. The van der Waals surface area contributed by atoms with E-state index in [-0.39, 0.29) is 18.0 Å². The van der Waals surface area contributed by atoms with Gasteiger partial charge in [-0.15, -0.1) is 0 Å². The number of Topliss-reactive ketones (excluding diaryl/α,β-unsaturated/α-hetero) is 1. The molecule has 0 aromatic carbocycles.